The van der Waals surface area contributed by atoms with Gasteiger partial charge < -0.3 is 15.0 Å². The lowest BCUT2D eigenvalue weighted by Crippen LogP contribution is -2.60. The highest BCUT2D eigenvalue weighted by molar-refractivity contribution is 6.04. The molecule has 1 aromatic carbocycles. The van der Waals surface area contributed by atoms with E-state index in [2.05, 4.69) is 25.4 Å². The standard InChI is InChI=1S/C28H29F2N7O2/c1-3-23-33-24-9-18(10-25(36(24)34-23)35-4-6-39-7-5-35)19-11-22(21(29)8-16(19)2)32-27(38)20-15-31-37(26(20)30)28-12-17(13-28)14-28/h8-11,15,17H,3-7,12-14H2,1-2H3,(H,32,38). The first-order valence-electron chi connectivity index (χ1n) is 13.4. The summed E-state index contributed by atoms with van der Waals surface area (Å²) < 4.78 is 38.9. The molecule has 0 atom stereocenters. The molecule has 202 valence electrons. The number of aromatic nitrogens is 5. The summed E-state index contributed by atoms with van der Waals surface area (Å²) in [5.74, 6) is 0.246. The maximum atomic E-state index is 15.2. The number of carbonyl (C=O) groups is 1. The number of anilines is 2. The summed E-state index contributed by atoms with van der Waals surface area (Å²) in [7, 11) is 0. The third-order valence-electron chi connectivity index (χ3n) is 8.40. The van der Waals surface area contributed by atoms with E-state index in [1.165, 1.54) is 16.9 Å². The summed E-state index contributed by atoms with van der Waals surface area (Å²) in [6.07, 6.45) is 4.61. The highest BCUT2D eigenvalue weighted by Crippen LogP contribution is 2.62. The normalized spacial score (nSPS) is 22.1. The van der Waals surface area contributed by atoms with Crippen LogP contribution in [-0.2, 0) is 16.7 Å². The van der Waals surface area contributed by atoms with Gasteiger partial charge in [-0.3, -0.25) is 4.79 Å². The molecule has 11 heteroatoms. The third kappa shape index (κ3) is 3.82. The molecular weight excluding hydrogens is 504 g/mol. The van der Waals surface area contributed by atoms with E-state index in [1.807, 2.05) is 30.5 Å². The van der Waals surface area contributed by atoms with Gasteiger partial charge in [-0.25, -0.2) is 14.1 Å². The molecule has 3 saturated carbocycles. The van der Waals surface area contributed by atoms with Crippen molar-refractivity contribution >= 4 is 23.1 Å². The average Bonchev–Trinajstić information content (AvgIpc) is 3.47. The second-order valence-corrected chi connectivity index (χ2v) is 10.9. The summed E-state index contributed by atoms with van der Waals surface area (Å²) in [5.41, 5.74) is 2.43. The molecule has 39 heavy (non-hydrogen) atoms. The Labute approximate surface area is 223 Å². The molecule has 3 aliphatic carbocycles. The fourth-order valence-electron chi connectivity index (χ4n) is 6.11. The molecule has 0 spiro atoms. The molecule has 9 nitrogen and oxygen atoms in total. The summed E-state index contributed by atoms with van der Waals surface area (Å²) in [6.45, 7) is 6.47. The molecule has 0 unspecified atom stereocenters. The Morgan fingerprint density at radius 3 is 2.62 bits per heavy atom. The van der Waals surface area contributed by atoms with Crippen molar-refractivity contribution < 1.29 is 18.3 Å². The van der Waals surface area contributed by atoms with Crippen LogP contribution in [0.5, 0.6) is 0 Å². The summed E-state index contributed by atoms with van der Waals surface area (Å²) in [5, 5.41) is 11.4. The molecule has 4 fully saturated rings. The van der Waals surface area contributed by atoms with Gasteiger partial charge >= 0.3 is 0 Å². The predicted octanol–water partition coefficient (Wildman–Crippen LogP) is 4.34. The molecule has 0 radical (unpaired) electrons. The molecule has 4 heterocycles. The van der Waals surface area contributed by atoms with Gasteiger partial charge in [0.1, 0.15) is 17.2 Å². The van der Waals surface area contributed by atoms with Crippen LogP contribution in [0.25, 0.3) is 16.8 Å². The number of hydrogen-bond donors (Lipinski definition) is 1. The number of benzene rings is 1. The van der Waals surface area contributed by atoms with Gasteiger partial charge in [0.2, 0.25) is 5.95 Å². The van der Waals surface area contributed by atoms with Gasteiger partial charge in [0.05, 0.1) is 30.6 Å². The van der Waals surface area contributed by atoms with Crippen LogP contribution in [0.2, 0.25) is 0 Å². The van der Waals surface area contributed by atoms with Gasteiger partial charge in [0.15, 0.2) is 11.5 Å². The van der Waals surface area contributed by atoms with E-state index < -0.39 is 17.7 Å². The number of pyridine rings is 1. The van der Waals surface area contributed by atoms with Crippen LogP contribution >= 0.6 is 0 Å². The quantitative estimate of drug-likeness (QED) is 0.397. The number of hydrogen-bond acceptors (Lipinski definition) is 6. The van der Waals surface area contributed by atoms with E-state index in [-0.39, 0.29) is 16.8 Å². The maximum Gasteiger partial charge on any atom is 0.262 e. The van der Waals surface area contributed by atoms with Crippen molar-refractivity contribution in [1.29, 1.82) is 0 Å². The van der Waals surface area contributed by atoms with Gasteiger partial charge in [-0.05, 0) is 73.1 Å². The summed E-state index contributed by atoms with van der Waals surface area (Å²) in [4.78, 5) is 19.9. The molecule has 1 N–H and O–H groups in total. The fraction of sp³-hybridized carbons (Fsp3) is 0.429. The van der Waals surface area contributed by atoms with Crippen LogP contribution in [-0.4, -0.2) is 56.6 Å². The number of halogens is 2. The lowest BCUT2D eigenvalue weighted by molar-refractivity contribution is -0.105. The topological polar surface area (TPSA) is 89.6 Å². The minimum atomic E-state index is -0.728. The molecule has 1 amide bonds. The molecule has 4 aliphatic rings. The fourth-order valence-corrected chi connectivity index (χ4v) is 6.11. The van der Waals surface area contributed by atoms with Crippen LogP contribution in [0.1, 0.15) is 47.9 Å². The Hall–Kier alpha value is -3.86. The van der Waals surface area contributed by atoms with Crippen molar-refractivity contribution in [2.24, 2.45) is 5.92 Å². The van der Waals surface area contributed by atoms with Crippen molar-refractivity contribution in [3.63, 3.8) is 0 Å². The van der Waals surface area contributed by atoms with Gasteiger partial charge in [0.25, 0.3) is 5.91 Å². The average molecular weight is 534 g/mol. The number of fused-ring (bicyclic) bond motifs is 1. The molecule has 1 saturated heterocycles. The number of carbonyl (C=O) groups excluding carboxylic acids is 1. The zero-order chi connectivity index (χ0) is 26.9. The first kappa shape index (κ1) is 24.2. The highest BCUT2D eigenvalue weighted by Gasteiger charge is 2.59. The summed E-state index contributed by atoms with van der Waals surface area (Å²) in [6, 6.07) is 6.89. The van der Waals surface area contributed by atoms with Gasteiger partial charge in [-0.1, -0.05) is 6.92 Å². The van der Waals surface area contributed by atoms with Crippen molar-refractivity contribution in [3.05, 3.63) is 59.2 Å². The summed E-state index contributed by atoms with van der Waals surface area (Å²) >= 11 is 0. The number of aryl methyl sites for hydroxylation is 2. The molecule has 8 rings (SSSR count). The number of amides is 1. The zero-order valence-corrected chi connectivity index (χ0v) is 21.9. The molecule has 2 bridgehead atoms. The largest absolute Gasteiger partial charge is 0.378 e. The van der Waals surface area contributed by atoms with Crippen LogP contribution in [0.15, 0.2) is 30.5 Å². The van der Waals surface area contributed by atoms with Gasteiger partial charge in [0, 0.05) is 19.5 Å². The first-order valence-corrected chi connectivity index (χ1v) is 13.4. The second kappa shape index (κ2) is 8.84. The van der Waals surface area contributed by atoms with Crippen molar-refractivity contribution in [1.82, 2.24) is 24.4 Å². The van der Waals surface area contributed by atoms with Crippen LogP contribution in [0, 0.1) is 24.6 Å². The molecule has 1 aliphatic heterocycles. The Kier molecular flexibility index (Phi) is 5.48. The number of rotatable bonds is 6. The number of nitrogens with one attached hydrogen (secondary N) is 1. The second-order valence-electron chi connectivity index (χ2n) is 10.9. The maximum absolute atomic E-state index is 15.2. The lowest BCUT2D eigenvalue weighted by Gasteiger charge is -2.61. The SMILES string of the molecule is CCc1nc2cc(-c3cc(NC(=O)c4cnn(C56CC(C5)C6)c4F)c(F)cc3C)cc(N3CCOCC3)n2n1. The highest BCUT2D eigenvalue weighted by atomic mass is 19.1. The van der Waals surface area contributed by atoms with Crippen LogP contribution in [0.3, 0.4) is 0 Å². The van der Waals surface area contributed by atoms with Crippen molar-refractivity contribution in [3.8, 4) is 11.1 Å². The zero-order valence-electron chi connectivity index (χ0n) is 21.9. The van der Waals surface area contributed by atoms with Crippen LogP contribution in [0.4, 0.5) is 20.3 Å². The minimum Gasteiger partial charge on any atom is -0.378 e. The van der Waals surface area contributed by atoms with E-state index in [9.17, 15) is 4.79 Å². The lowest BCUT2D eigenvalue weighted by atomic mass is 9.50. The Morgan fingerprint density at radius 1 is 1.15 bits per heavy atom. The Morgan fingerprint density at radius 2 is 1.92 bits per heavy atom. The molecular formula is C28H29F2N7O2. The van der Waals surface area contributed by atoms with E-state index in [1.54, 1.807) is 6.07 Å². The first-order chi connectivity index (χ1) is 18.8. The van der Waals surface area contributed by atoms with E-state index in [0.717, 1.165) is 42.0 Å². The monoisotopic (exact) mass is 533 g/mol. The Bertz CT molecular complexity index is 1600. The van der Waals surface area contributed by atoms with Crippen molar-refractivity contribution in [2.75, 3.05) is 36.5 Å². The van der Waals surface area contributed by atoms with E-state index >= 15 is 8.78 Å². The molecule has 4 aromatic rings. The smallest absolute Gasteiger partial charge is 0.262 e. The van der Waals surface area contributed by atoms with E-state index in [0.29, 0.717) is 49.9 Å². The number of morpholine rings is 1. The van der Waals surface area contributed by atoms with E-state index in [4.69, 9.17) is 4.74 Å². The number of ether oxygens (including phenoxy) is 1. The third-order valence-corrected chi connectivity index (χ3v) is 8.40. The minimum absolute atomic E-state index is 0.0261. The predicted molar refractivity (Wildman–Crippen MR) is 141 cm³/mol. The van der Waals surface area contributed by atoms with Gasteiger partial charge in [-0.15, -0.1) is 5.10 Å². The molecule has 3 aromatic heterocycles. The Balaban J connectivity index is 1.24. The number of nitrogens with zero attached hydrogens (tertiary/aromatic N) is 6. The van der Waals surface area contributed by atoms with Crippen molar-refractivity contribution in [2.45, 2.75) is 45.1 Å². The van der Waals surface area contributed by atoms with Gasteiger partial charge in [-0.2, -0.15) is 14.0 Å². The van der Waals surface area contributed by atoms with Crippen LogP contribution < -0.4 is 10.2 Å².